The molecule has 0 aliphatic rings. The number of aromatic nitrogens is 3. The fraction of sp³-hybridized carbons (Fsp3) is 0. The molecule has 10 heteroatoms. The SMILES string of the molecule is O=c1[nH]c(Br)ccc1NS(=O)(=O)c1c[nH]c2ncc(Cl)cc12. The number of H-pyrrole nitrogens is 2. The number of pyridine rings is 2. The summed E-state index contributed by atoms with van der Waals surface area (Å²) in [6.45, 7) is 0. The van der Waals surface area contributed by atoms with E-state index in [4.69, 9.17) is 11.6 Å². The number of rotatable bonds is 3. The lowest BCUT2D eigenvalue weighted by Gasteiger charge is -2.06. The fourth-order valence-corrected chi connectivity index (χ4v) is 3.60. The summed E-state index contributed by atoms with van der Waals surface area (Å²) in [6, 6.07) is 4.37. The van der Waals surface area contributed by atoms with Crippen LogP contribution in [0, 0.1) is 0 Å². The van der Waals surface area contributed by atoms with Gasteiger partial charge in [0.25, 0.3) is 15.6 Å². The van der Waals surface area contributed by atoms with Crippen molar-refractivity contribution in [2.45, 2.75) is 4.90 Å². The number of sulfonamides is 1. The molecular formula is C12H8BrClN4O3S. The van der Waals surface area contributed by atoms with Gasteiger partial charge in [-0.1, -0.05) is 11.6 Å². The Hall–Kier alpha value is -1.84. The second-order valence-electron chi connectivity index (χ2n) is 4.36. The van der Waals surface area contributed by atoms with Crippen LogP contribution in [0.25, 0.3) is 11.0 Å². The van der Waals surface area contributed by atoms with E-state index in [1.807, 2.05) is 0 Å². The number of nitrogens with one attached hydrogen (secondary N) is 3. The summed E-state index contributed by atoms with van der Waals surface area (Å²) >= 11 is 8.94. The van der Waals surface area contributed by atoms with E-state index < -0.39 is 15.6 Å². The first-order valence-corrected chi connectivity index (χ1v) is 8.56. The number of fused-ring (bicyclic) bond motifs is 1. The third kappa shape index (κ3) is 2.74. The molecule has 0 saturated heterocycles. The average Bonchev–Trinajstić information content (AvgIpc) is 2.85. The van der Waals surface area contributed by atoms with Crippen LogP contribution in [0.4, 0.5) is 5.69 Å². The van der Waals surface area contributed by atoms with Gasteiger partial charge in [0.15, 0.2) is 0 Å². The zero-order valence-corrected chi connectivity index (χ0v) is 13.9. The smallest absolute Gasteiger partial charge is 0.273 e. The summed E-state index contributed by atoms with van der Waals surface area (Å²) in [5.74, 6) is 0. The Balaban J connectivity index is 2.08. The maximum atomic E-state index is 12.5. The highest BCUT2D eigenvalue weighted by molar-refractivity contribution is 9.10. The molecule has 3 N–H and O–H groups in total. The van der Waals surface area contributed by atoms with E-state index in [0.717, 1.165) is 0 Å². The number of nitrogens with zero attached hydrogens (tertiary/aromatic N) is 1. The van der Waals surface area contributed by atoms with Crippen LogP contribution in [0.3, 0.4) is 0 Å². The molecule has 0 aliphatic carbocycles. The lowest BCUT2D eigenvalue weighted by Crippen LogP contribution is -2.20. The molecule has 3 rings (SSSR count). The van der Waals surface area contributed by atoms with Gasteiger partial charge in [-0.15, -0.1) is 0 Å². The van der Waals surface area contributed by atoms with Crippen LogP contribution in [-0.4, -0.2) is 23.4 Å². The molecule has 3 aromatic rings. The minimum Gasteiger partial charge on any atom is -0.345 e. The van der Waals surface area contributed by atoms with Gasteiger partial charge in [0.1, 0.15) is 16.2 Å². The minimum atomic E-state index is -3.96. The summed E-state index contributed by atoms with van der Waals surface area (Å²) in [7, 11) is -3.96. The molecule has 3 aromatic heterocycles. The normalized spacial score (nSPS) is 11.7. The van der Waals surface area contributed by atoms with E-state index in [0.29, 0.717) is 20.7 Å². The van der Waals surface area contributed by atoms with Crippen molar-refractivity contribution in [1.82, 2.24) is 15.0 Å². The monoisotopic (exact) mass is 402 g/mol. The number of hydrogen-bond acceptors (Lipinski definition) is 4. The summed E-state index contributed by atoms with van der Waals surface area (Å²) in [6.07, 6.45) is 2.70. The Labute approximate surface area is 137 Å². The Morgan fingerprint density at radius 1 is 1.32 bits per heavy atom. The molecule has 3 heterocycles. The first-order valence-electron chi connectivity index (χ1n) is 5.91. The molecule has 0 spiro atoms. The highest BCUT2D eigenvalue weighted by Gasteiger charge is 2.21. The van der Waals surface area contributed by atoms with Crippen molar-refractivity contribution >= 4 is 54.3 Å². The molecule has 7 nitrogen and oxygen atoms in total. The predicted molar refractivity (Wildman–Crippen MR) is 86.7 cm³/mol. The zero-order chi connectivity index (χ0) is 15.9. The fourth-order valence-electron chi connectivity index (χ4n) is 1.91. The van der Waals surface area contributed by atoms with Crippen molar-refractivity contribution in [2.24, 2.45) is 0 Å². The van der Waals surface area contributed by atoms with Gasteiger partial charge in [0, 0.05) is 17.8 Å². The van der Waals surface area contributed by atoms with Crippen LogP contribution < -0.4 is 10.3 Å². The van der Waals surface area contributed by atoms with Gasteiger partial charge in [0.05, 0.1) is 9.63 Å². The molecule has 0 radical (unpaired) electrons. The first-order chi connectivity index (χ1) is 10.4. The maximum Gasteiger partial charge on any atom is 0.273 e. The Morgan fingerprint density at radius 3 is 2.82 bits per heavy atom. The number of aromatic amines is 2. The Kier molecular flexibility index (Phi) is 3.71. The molecule has 22 heavy (non-hydrogen) atoms. The van der Waals surface area contributed by atoms with Crippen LogP contribution in [0.5, 0.6) is 0 Å². The van der Waals surface area contributed by atoms with Crippen molar-refractivity contribution in [2.75, 3.05) is 4.72 Å². The average molecular weight is 404 g/mol. The molecule has 0 saturated carbocycles. The van der Waals surface area contributed by atoms with Crippen LogP contribution in [0.1, 0.15) is 0 Å². The van der Waals surface area contributed by atoms with E-state index in [1.165, 1.54) is 30.6 Å². The van der Waals surface area contributed by atoms with Crippen molar-refractivity contribution in [3.8, 4) is 0 Å². The molecule has 0 aliphatic heterocycles. The molecule has 0 atom stereocenters. The molecule has 0 aromatic carbocycles. The second kappa shape index (κ2) is 5.41. The molecule has 0 fully saturated rings. The highest BCUT2D eigenvalue weighted by Crippen LogP contribution is 2.25. The van der Waals surface area contributed by atoms with Gasteiger partial charge in [-0.2, -0.15) is 0 Å². The van der Waals surface area contributed by atoms with E-state index >= 15 is 0 Å². The van der Waals surface area contributed by atoms with Gasteiger partial charge in [-0.25, -0.2) is 13.4 Å². The van der Waals surface area contributed by atoms with Crippen LogP contribution in [0.2, 0.25) is 5.02 Å². The number of hydrogen-bond donors (Lipinski definition) is 3. The van der Waals surface area contributed by atoms with Crippen molar-refractivity contribution in [3.63, 3.8) is 0 Å². The van der Waals surface area contributed by atoms with Crippen LogP contribution in [0.15, 0.2) is 44.9 Å². The molecule has 0 amide bonds. The molecule has 114 valence electrons. The van der Waals surface area contributed by atoms with Crippen molar-refractivity contribution in [3.05, 3.63) is 50.6 Å². The summed E-state index contributed by atoms with van der Waals surface area (Å²) in [5.41, 5.74) is -0.268. The third-order valence-corrected chi connectivity index (χ3v) is 4.94. The minimum absolute atomic E-state index is 0.0418. The van der Waals surface area contributed by atoms with E-state index in [9.17, 15) is 13.2 Å². The Bertz CT molecular complexity index is 1030. The maximum absolute atomic E-state index is 12.5. The second-order valence-corrected chi connectivity index (χ2v) is 7.30. The van der Waals surface area contributed by atoms with Crippen molar-refractivity contribution in [1.29, 1.82) is 0 Å². The van der Waals surface area contributed by atoms with Gasteiger partial charge in [-0.05, 0) is 34.1 Å². The lowest BCUT2D eigenvalue weighted by atomic mass is 10.3. The highest BCUT2D eigenvalue weighted by atomic mass is 79.9. The summed E-state index contributed by atoms with van der Waals surface area (Å²) in [5, 5.41) is 0.651. The number of anilines is 1. The zero-order valence-electron chi connectivity index (χ0n) is 10.7. The van der Waals surface area contributed by atoms with Gasteiger partial charge in [0.2, 0.25) is 0 Å². The quantitative estimate of drug-likeness (QED) is 0.584. The molecule has 0 bridgehead atoms. The lowest BCUT2D eigenvalue weighted by molar-refractivity contribution is 0.602. The van der Waals surface area contributed by atoms with Crippen LogP contribution in [-0.2, 0) is 10.0 Å². The summed E-state index contributed by atoms with van der Waals surface area (Å²) < 4.78 is 27.6. The molecular weight excluding hydrogens is 396 g/mol. The van der Waals surface area contributed by atoms with Gasteiger partial charge >= 0.3 is 0 Å². The molecule has 0 unspecified atom stereocenters. The van der Waals surface area contributed by atoms with E-state index in [-0.39, 0.29) is 10.6 Å². The first kappa shape index (κ1) is 15.1. The standard InChI is InChI=1S/C12H8BrClN4O3S/c13-10-2-1-8(12(19)17-10)18-22(20,21)9-5-16-11-7(9)3-6(14)4-15-11/h1-5,18H,(H,15,16)(H,17,19). The topological polar surface area (TPSA) is 108 Å². The third-order valence-electron chi connectivity index (χ3n) is 2.87. The summed E-state index contributed by atoms with van der Waals surface area (Å²) in [4.78, 5) is 20.9. The largest absolute Gasteiger partial charge is 0.345 e. The van der Waals surface area contributed by atoms with E-state index in [1.54, 1.807) is 0 Å². The number of halogens is 2. The van der Waals surface area contributed by atoms with Crippen molar-refractivity contribution < 1.29 is 8.42 Å². The van der Waals surface area contributed by atoms with Crippen LogP contribution >= 0.6 is 27.5 Å². The van der Waals surface area contributed by atoms with Gasteiger partial charge in [-0.3, -0.25) is 9.52 Å². The van der Waals surface area contributed by atoms with E-state index in [2.05, 4.69) is 35.6 Å². The Morgan fingerprint density at radius 2 is 2.09 bits per heavy atom. The predicted octanol–water partition coefficient (Wildman–Crippen LogP) is 2.47. The van der Waals surface area contributed by atoms with Gasteiger partial charge < -0.3 is 9.97 Å².